The largest absolute Gasteiger partial charge is 0.373 e. The second-order valence-electron chi connectivity index (χ2n) is 3.76. The third-order valence-electron chi connectivity index (χ3n) is 2.27. The first-order valence-corrected chi connectivity index (χ1v) is 5.53. The van der Waals surface area contributed by atoms with Gasteiger partial charge in [0, 0.05) is 12.8 Å². The van der Waals surface area contributed by atoms with Gasteiger partial charge in [0.25, 0.3) is 0 Å². The van der Waals surface area contributed by atoms with Gasteiger partial charge in [-0.15, -0.1) is 0 Å². The maximum Gasteiger partial charge on any atom is 0.159 e. The van der Waals surface area contributed by atoms with Gasteiger partial charge in [-0.2, -0.15) is 0 Å². The van der Waals surface area contributed by atoms with Gasteiger partial charge in [0.15, 0.2) is 5.82 Å². The quantitative estimate of drug-likeness (QED) is 0.742. The minimum atomic E-state index is -0.0683. The van der Waals surface area contributed by atoms with Crippen LogP contribution in [0.3, 0.4) is 0 Å². The molecule has 0 saturated carbocycles. The summed E-state index contributed by atoms with van der Waals surface area (Å²) >= 11 is 5.95. The molecule has 15 heavy (non-hydrogen) atoms. The molecular weight excluding hydrogens is 212 g/mol. The Morgan fingerprint density at radius 3 is 2.53 bits per heavy atom. The van der Waals surface area contributed by atoms with Crippen LogP contribution in [0.4, 0.5) is 0 Å². The lowest BCUT2D eigenvalue weighted by molar-refractivity contribution is 0.0923. The lowest BCUT2D eigenvalue weighted by atomic mass is 10.1. The first-order chi connectivity index (χ1) is 7.08. The molecule has 0 spiro atoms. The highest BCUT2D eigenvalue weighted by molar-refractivity contribution is 6.29. The molecule has 0 bridgehead atoms. The first-order valence-electron chi connectivity index (χ1n) is 5.15. The van der Waals surface area contributed by atoms with Crippen LogP contribution in [0.25, 0.3) is 0 Å². The van der Waals surface area contributed by atoms with Crippen molar-refractivity contribution in [1.82, 2.24) is 9.97 Å². The molecule has 0 aliphatic rings. The summed E-state index contributed by atoms with van der Waals surface area (Å²) in [7, 11) is 1.66. The van der Waals surface area contributed by atoms with Crippen molar-refractivity contribution in [2.24, 2.45) is 0 Å². The van der Waals surface area contributed by atoms with Crippen LogP contribution in [0.2, 0.25) is 5.15 Å². The van der Waals surface area contributed by atoms with E-state index in [1.54, 1.807) is 13.2 Å². The molecule has 0 radical (unpaired) electrons. The zero-order chi connectivity index (χ0) is 11.4. The molecule has 84 valence electrons. The zero-order valence-electron chi connectivity index (χ0n) is 9.62. The minimum absolute atomic E-state index is 0.0683. The number of hydrogen-bond donors (Lipinski definition) is 0. The fraction of sp³-hybridized carbons (Fsp3) is 0.636. The van der Waals surface area contributed by atoms with E-state index in [9.17, 15) is 0 Å². The maximum atomic E-state index is 5.95. The lowest BCUT2D eigenvalue weighted by Gasteiger charge is -2.14. The first kappa shape index (κ1) is 12.4. The van der Waals surface area contributed by atoms with Crippen molar-refractivity contribution >= 4 is 11.6 Å². The van der Waals surface area contributed by atoms with Crippen molar-refractivity contribution in [2.45, 2.75) is 39.2 Å². The SMILES string of the molecule is CCC(OC)c1nc(Cl)cc(C(C)C)n1. The Balaban J connectivity index is 3.07. The second kappa shape index (κ2) is 5.42. The molecule has 1 heterocycles. The molecule has 3 nitrogen and oxygen atoms in total. The summed E-state index contributed by atoms with van der Waals surface area (Å²) in [5.74, 6) is 1.02. The Morgan fingerprint density at radius 2 is 2.07 bits per heavy atom. The van der Waals surface area contributed by atoms with E-state index in [-0.39, 0.29) is 6.10 Å². The van der Waals surface area contributed by atoms with Crippen LogP contribution < -0.4 is 0 Å². The number of methoxy groups -OCH3 is 1. The molecule has 1 aromatic rings. The Hall–Kier alpha value is -0.670. The summed E-state index contributed by atoms with van der Waals surface area (Å²) in [5.41, 5.74) is 0.959. The number of halogens is 1. The minimum Gasteiger partial charge on any atom is -0.373 e. The number of ether oxygens (including phenoxy) is 1. The van der Waals surface area contributed by atoms with Gasteiger partial charge >= 0.3 is 0 Å². The topological polar surface area (TPSA) is 35.0 Å². The van der Waals surface area contributed by atoms with Crippen molar-refractivity contribution in [3.8, 4) is 0 Å². The van der Waals surface area contributed by atoms with Crippen molar-refractivity contribution in [3.05, 3.63) is 22.7 Å². The van der Waals surface area contributed by atoms with Gasteiger partial charge in [0.2, 0.25) is 0 Å². The van der Waals surface area contributed by atoms with Crippen LogP contribution in [0, 0.1) is 0 Å². The number of hydrogen-bond acceptors (Lipinski definition) is 3. The summed E-state index contributed by atoms with van der Waals surface area (Å²) < 4.78 is 5.29. The summed E-state index contributed by atoms with van der Waals surface area (Å²) in [6.45, 7) is 6.19. The van der Waals surface area contributed by atoms with Crippen molar-refractivity contribution in [2.75, 3.05) is 7.11 Å². The van der Waals surface area contributed by atoms with Gasteiger partial charge in [-0.3, -0.25) is 0 Å². The van der Waals surface area contributed by atoms with E-state index in [2.05, 4.69) is 23.8 Å². The number of aromatic nitrogens is 2. The molecule has 4 heteroatoms. The number of rotatable bonds is 4. The average molecular weight is 229 g/mol. The molecule has 0 amide bonds. The molecule has 1 rings (SSSR count). The highest BCUT2D eigenvalue weighted by Crippen LogP contribution is 2.21. The molecular formula is C11H17ClN2O. The van der Waals surface area contributed by atoms with Gasteiger partial charge in [-0.25, -0.2) is 9.97 Å². The molecule has 0 N–H and O–H groups in total. The Kier molecular flexibility index (Phi) is 4.48. The van der Waals surface area contributed by atoms with E-state index in [1.165, 1.54) is 0 Å². The van der Waals surface area contributed by atoms with E-state index >= 15 is 0 Å². The van der Waals surface area contributed by atoms with Crippen LogP contribution in [0.15, 0.2) is 6.07 Å². The van der Waals surface area contributed by atoms with Crippen molar-refractivity contribution in [3.63, 3.8) is 0 Å². The van der Waals surface area contributed by atoms with Crippen LogP contribution in [-0.4, -0.2) is 17.1 Å². The highest BCUT2D eigenvalue weighted by atomic mass is 35.5. The molecule has 1 aromatic heterocycles. The van der Waals surface area contributed by atoms with Crippen LogP contribution in [-0.2, 0) is 4.74 Å². The summed E-state index contributed by atoms with van der Waals surface area (Å²) in [4.78, 5) is 8.64. The van der Waals surface area contributed by atoms with E-state index in [0.29, 0.717) is 16.9 Å². The summed E-state index contributed by atoms with van der Waals surface area (Å²) in [6, 6.07) is 1.80. The Labute approximate surface area is 95.8 Å². The van der Waals surface area contributed by atoms with E-state index in [0.717, 1.165) is 12.1 Å². The highest BCUT2D eigenvalue weighted by Gasteiger charge is 2.14. The second-order valence-corrected chi connectivity index (χ2v) is 4.15. The van der Waals surface area contributed by atoms with Crippen LogP contribution in [0.5, 0.6) is 0 Å². The Bertz CT molecular complexity index is 324. The molecule has 1 atom stereocenters. The fourth-order valence-electron chi connectivity index (χ4n) is 1.35. The van der Waals surface area contributed by atoms with Crippen molar-refractivity contribution < 1.29 is 4.74 Å². The molecule has 0 saturated heterocycles. The van der Waals surface area contributed by atoms with E-state index in [1.807, 2.05) is 6.92 Å². The molecule has 0 aromatic carbocycles. The molecule has 1 unspecified atom stereocenters. The summed E-state index contributed by atoms with van der Waals surface area (Å²) in [5, 5.41) is 0.485. The third kappa shape index (κ3) is 3.14. The van der Waals surface area contributed by atoms with E-state index < -0.39 is 0 Å². The maximum absolute atomic E-state index is 5.95. The smallest absolute Gasteiger partial charge is 0.159 e. The predicted molar refractivity (Wildman–Crippen MR) is 61.2 cm³/mol. The van der Waals surface area contributed by atoms with Gasteiger partial charge < -0.3 is 4.74 Å². The van der Waals surface area contributed by atoms with Crippen LogP contribution >= 0.6 is 11.6 Å². The van der Waals surface area contributed by atoms with Gasteiger partial charge in [0.05, 0.1) is 0 Å². The molecule has 0 aliphatic heterocycles. The molecule has 0 fully saturated rings. The lowest BCUT2D eigenvalue weighted by Crippen LogP contribution is -2.08. The number of nitrogens with zero attached hydrogens (tertiary/aromatic N) is 2. The normalized spacial score (nSPS) is 13.2. The standard InChI is InChI=1S/C11H17ClN2O/c1-5-9(15-4)11-13-8(7(2)3)6-10(12)14-11/h6-7,9H,5H2,1-4H3. The van der Waals surface area contributed by atoms with E-state index in [4.69, 9.17) is 16.3 Å². The van der Waals surface area contributed by atoms with Crippen LogP contribution in [0.1, 0.15) is 50.7 Å². The predicted octanol–water partition coefficient (Wildman–Crippen LogP) is 3.35. The van der Waals surface area contributed by atoms with Crippen molar-refractivity contribution in [1.29, 1.82) is 0 Å². The van der Waals surface area contributed by atoms with Gasteiger partial charge in [0.1, 0.15) is 11.3 Å². The Morgan fingerprint density at radius 1 is 1.40 bits per heavy atom. The molecule has 0 aliphatic carbocycles. The van der Waals surface area contributed by atoms with Gasteiger partial charge in [-0.05, 0) is 18.4 Å². The zero-order valence-corrected chi connectivity index (χ0v) is 10.4. The van der Waals surface area contributed by atoms with Gasteiger partial charge in [-0.1, -0.05) is 32.4 Å². The third-order valence-corrected chi connectivity index (χ3v) is 2.46. The average Bonchev–Trinajstić information content (AvgIpc) is 2.18. The fourth-order valence-corrected chi connectivity index (χ4v) is 1.55. The summed E-state index contributed by atoms with van der Waals surface area (Å²) in [6.07, 6.45) is 0.773. The monoisotopic (exact) mass is 228 g/mol.